The van der Waals surface area contributed by atoms with Crippen LogP contribution >= 0.6 is 22.9 Å². The van der Waals surface area contributed by atoms with Gasteiger partial charge in [0.2, 0.25) is 5.91 Å². The van der Waals surface area contributed by atoms with E-state index in [1.165, 1.54) is 31.3 Å². The summed E-state index contributed by atoms with van der Waals surface area (Å²) in [5, 5.41) is 3.81. The van der Waals surface area contributed by atoms with E-state index in [4.69, 9.17) is 21.1 Å². The minimum absolute atomic E-state index is 0.112. The van der Waals surface area contributed by atoms with Crippen LogP contribution in [0.4, 0.5) is 0 Å². The van der Waals surface area contributed by atoms with Crippen LogP contribution in [0.25, 0.3) is 6.08 Å². The molecular formula is C23H27ClN2O5S. The van der Waals surface area contributed by atoms with Gasteiger partial charge in [-0.2, -0.15) is 0 Å². The summed E-state index contributed by atoms with van der Waals surface area (Å²) in [6.07, 6.45) is 8.88. The SMILES string of the molecule is COC(=O)CCCC(=O)N[C@@H](C)/C=C/c1cnc(Oc2ccc(OCC3CC3)cc2Cl)s1. The first kappa shape index (κ1) is 24.1. The summed E-state index contributed by atoms with van der Waals surface area (Å²) in [7, 11) is 1.33. The number of amides is 1. The van der Waals surface area contributed by atoms with Crippen LogP contribution in [0.15, 0.2) is 30.5 Å². The maximum Gasteiger partial charge on any atom is 0.305 e. The lowest BCUT2D eigenvalue weighted by molar-refractivity contribution is -0.140. The van der Waals surface area contributed by atoms with Crippen LogP contribution in [0, 0.1) is 5.92 Å². The van der Waals surface area contributed by atoms with Gasteiger partial charge in [0, 0.05) is 31.1 Å². The van der Waals surface area contributed by atoms with E-state index < -0.39 is 0 Å². The van der Waals surface area contributed by atoms with Crippen molar-refractivity contribution in [2.45, 2.75) is 45.1 Å². The van der Waals surface area contributed by atoms with Crippen LogP contribution in [0.3, 0.4) is 0 Å². The molecular weight excluding hydrogens is 452 g/mol. The molecule has 1 fully saturated rings. The van der Waals surface area contributed by atoms with Crippen LogP contribution in [0.2, 0.25) is 5.02 Å². The Morgan fingerprint density at radius 1 is 1.34 bits per heavy atom. The number of nitrogens with zero attached hydrogens (tertiary/aromatic N) is 1. The molecule has 1 amide bonds. The number of methoxy groups -OCH3 is 1. The van der Waals surface area contributed by atoms with Gasteiger partial charge in [-0.05, 0) is 50.3 Å². The van der Waals surface area contributed by atoms with E-state index in [2.05, 4.69) is 15.0 Å². The molecule has 3 rings (SSSR count). The van der Waals surface area contributed by atoms with Crippen molar-refractivity contribution >= 4 is 40.9 Å². The van der Waals surface area contributed by atoms with Crippen molar-refractivity contribution in [3.05, 3.63) is 40.4 Å². The second-order valence-corrected chi connectivity index (χ2v) is 9.05. The van der Waals surface area contributed by atoms with Crippen molar-refractivity contribution in [2.75, 3.05) is 13.7 Å². The third kappa shape index (κ3) is 8.16. The summed E-state index contributed by atoms with van der Waals surface area (Å²) in [6, 6.07) is 5.21. The van der Waals surface area contributed by atoms with E-state index in [0.29, 0.717) is 28.3 Å². The van der Waals surface area contributed by atoms with Crippen molar-refractivity contribution in [1.29, 1.82) is 0 Å². The lowest BCUT2D eigenvalue weighted by atomic mass is 10.2. The van der Waals surface area contributed by atoms with Gasteiger partial charge >= 0.3 is 5.97 Å². The van der Waals surface area contributed by atoms with Crippen molar-refractivity contribution in [2.24, 2.45) is 5.92 Å². The Labute approximate surface area is 196 Å². The Balaban J connectivity index is 1.45. The molecule has 172 valence electrons. The number of carbonyl (C=O) groups is 2. The van der Waals surface area contributed by atoms with E-state index in [1.54, 1.807) is 18.3 Å². The summed E-state index contributed by atoms with van der Waals surface area (Å²) < 4.78 is 16.1. The molecule has 0 unspecified atom stereocenters. The average molecular weight is 479 g/mol. The minimum atomic E-state index is -0.312. The zero-order chi connectivity index (χ0) is 22.9. The van der Waals surface area contributed by atoms with Gasteiger partial charge in [-0.3, -0.25) is 9.59 Å². The first-order chi connectivity index (χ1) is 15.4. The first-order valence-electron chi connectivity index (χ1n) is 10.5. The first-order valence-corrected chi connectivity index (χ1v) is 11.7. The second-order valence-electron chi connectivity index (χ2n) is 7.62. The van der Waals surface area contributed by atoms with Gasteiger partial charge in [0.25, 0.3) is 5.19 Å². The summed E-state index contributed by atoms with van der Waals surface area (Å²) in [4.78, 5) is 28.2. The van der Waals surface area contributed by atoms with Gasteiger partial charge in [0.15, 0.2) is 0 Å². The number of thiazole rings is 1. The predicted octanol–water partition coefficient (Wildman–Crippen LogP) is 5.24. The number of esters is 1. The number of benzene rings is 1. The summed E-state index contributed by atoms with van der Waals surface area (Å²) in [6.45, 7) is 2.60. The molecule has 0 saturated heterocycles. The highest BCUT2D eigenvalue weighted by molar-refractivity contribution is 7.14. The Hall–Kier alpha value is -2.58. The number of carbonyl (C=O) groups excluding carboxylic acids is 2. The Morgan fingerprint density at radius 3 is 2.88 bits per heavy atom. The molecule has 2 aromatic rings. The van der Waals surface area contributed by atoms with Gasteiger partial charge < -0.3 is 19.5 Å². The quantitative estimate of drug-likeness (QED) is 0.420. The van der Waals surface area contributed by atoms with E-state index in [1.807, 2.05) is 25.1 Å². The van der Waals surface area contributed by atoms with Gasteiger partial charge in [-0.1, -0.05) is 29.0 Å². The molecule has 0 spiro atoms. The highest BCUT2D eigenvalue weighted by atomic mass is 35.5. The molecule has 1 atom stereocenters. The number of halogens is 1. The zero-order valence-corrected chi connectivity index (χ0v) is 19.7. The summed E-state index contributed by atoms with van der Waals surface area (Å²) >= 11 is 7.69. The number of rotatable bonds is 12. The van der Waals surface area contributed by atoms with Crippen molar-refractivity contribution in [3.63, 3.8) is 0 Å². The maximum absolute atomic E-state index is 11.9. The van der Waals surface area contributed by atoms with E-state index >= 15 is 0 Å². The Kier molecular flexibility index (Phi) is 8.93. The maximum atomic E-state index is 11.9. The fourth-order valence-electron chi connectivity index (χ4n) is 2.75. The van der Waals surface area contributed by atoms with Gasteiger partial charge in [0.1, 0.15) is 11.5 Å². The topological polar surface area (TPSA) is 86.8 Å². The molecule has 32 heavy (non-hydrogen) atoms. The Morgan fingerprint density at radius 2 is 2.16 bits per heavy atom. The van der Waals surface area contributed by atoms with Crippen molar-refractivity contribution < 1.29 is 23.8 Å². The normalized spacial score (nSPS) is 14.2. The standard InChI is InChI=1S/C23H27ClN2O5S/c1-15(26-21(27)4-3-5-22(28)29-2)6-10-18-13-25-23(32-18)31-20-11-9-17(12-19(20)24)30-14-16-7-8-16/h6,9-13,15-16H,3-5,7-8,14H2,1-2H3,(H,26,27)/b10-6+/t15-/m0/s1. The molecule has 1 aliphatic rings. The largest absolute Gasteiger partial charge is 0.493 e. The highest BCUT2D eigenvalue weighted by Crippen LogP contribution is 2.35. The molecule has 1 aromatic carbocycles. The van der Waals surface area contributed by atoms with Crippen molar-refractivity contribution in [1.82, 2.24) is 10.3 Å². The van der Waals surface area contributed by atoms with Gasteiger partial charge in [-0.25, -0.2) is 4.98 Å². The number of ether oxygens (including phenoxy) is 3. The number of hydrogen-bond donors (Lipinski definition) is 1. The molecule has 9 heteroatoms. The van der Waals surface area contributed by atoms with Gasteiger partial charge in [-0.15, -0.1) is 0 Å². The second kappa shape index (κ2) is 11.9. The molecule has 1 saturated carbocycles. The molecule has 1 N–H and O–H groups in total. The van der Waals surface area contributed by atoms with Crippen molar-refractivity contribution in [3.8, 4) is 16.7 Å². The van der Waals surface area contributed by atoms with Crippen LogP contribution in [-0.2, 0) is 14.3 Å². The predicted molar refractivity (Wildman–Crippen MR) is 124 cm³/mol. The van der Waals surface area contributed by atoms with Crippen LogP contribution in [0.1, 0.15) is 43.9 Å². The van der Waals surface area contributed by atoms with Crippen LogP contribution in [-0.4, -0.2) is 36.6 Å². The number of aromatic nitrogens is 1. The summed E-state index contributed by atoms with van der Waals surface area (Å²) in [5.74, 6) is 1.50. The average Bonchev–Trinajstić information content (AvgIpc) is 3.49. The molecule has 0 radical (unpaired) electrons. The lowest BCUT2D eigenvalue weighted by Crippen LogP contribution is -2.30. The van der Waals surface area contributed by atoms with E-state index in [9.17, 15) is 9.59 Å². The monoisotopic (exact) mass is 478 g/mol. The fourth-order valence-corrected chi connectivity index (χ4v) is 3.65. The molecule has 1 aromatic heterocycles. The van der Waals surface area contributed by atoms with E-state index in [0.717, 1.165) is 17.2 Å². The minimum Gasteiger partial charge on any atom is -0.493 e. The fraction of sp³-hybridized carbons (Fsp3) is 0.435. The highest BCUT2D eigenvalue weighted by Gasteiger charge is 2.22. The number of hydrogen-bond acceptors (Lipinski definition) is 7. The van der Waals surface area contributed by atoms with Crippen LogP contribution < -0.4 is 14.8 Å². The van der Waals surface area contributed by atoms with Gasteiger partial charge in [0.05, 0.1) is 23.6 Å². The third-order valence-electron chi connectivity index (χ3n) is 4.74. The lowest BCUT2D eigenvalue weighted by Gasteiger charge is -2.09. The number of nitrogens with one attached hydrogen (secondary N) is 1. The summed E-state index contributed by atoms with van der Waals surface area (Å²) in [5.41, 5.74) is 0. The third-order valence-corrected chi connectivity index (χ3v) is 5.87. The Bertz CT molecular complexity index is 958. The smallest absolute Gasteiger partial charge is 0.305 e. The van der Waals surface area contributed by atoms with E-state index in [-0.39, 0.29) is 30.8 Å². The molecule has 0 bridgehead atoms. The van der Waals surface area contributed by atoms with Crippen LogP contribution in [0.5, 0.6) is 16.7 Å². The molecule has 0 aliphatic heterocycles. The zero-order valence-electron chi connectivity index (χ0n) is 18.1. The molecule has 1 heterocycles. The molecule has 1 aliphatic carbocycles. The molecule has 7 nitrogen and oxygen atoms in total.